The first kappa shape index (κ1) is 18.7. The minimum Gasteiger partial charge on any atom is -0.366 e. The van der Waals surface area contributed by atoms with E-state index in [1.165, 1.54) is 16.7 Å². The van der Waals surface area contributed by atoms with Crippen LogP contribution in [0.3, 0.4) is 0 Å². The van der Waals surface area contributed by atoms with Crippen molar-refractivity contribution in [3.05, 3.63) is 94.9 Å². The maximum Gasteiger partial charge on any atom is 0.332 e. The van der Waals surface area contributed by atoms with Gasteiger partial charge in [-0.3, -0.25) is 14.5 Å². The van der Waals surface area contributed by atoms with Gasteiger partial charge in [0.05, 0.1) is 28.7 Å². The van der Waals surface area contributed by atoms with Crippen LogP contribution in [0.1, 0.15) is 5.56 Å². The molecule has 0 spiro atoms. The van der Waals surface area contributed by atoms with Gasteiger partial charge in [0.2, 0.25) is 0 Å². The van der Waals surface area contributed by atoms with Crippen LogP contribution in [0.15, 0.2) is 72.0 Å². The van der Waals surface area contributed by atoms with Crippen molar-refractivity contribution < 1.29 is 8.78 Å². The van der Waals surface area contributed by atoms with E-state index in [9.17, 15) is 13.6 Å². The molecule has 31 heavy (non-hydrogen) atoms. The minimum absolute atomic E-state index is 0.217. The predicted octanol–water partition coefficient (Wildman–Crippen LogP) is 3.99. The molecule has 3 N–H and O–H groups in total. The molecule has 2 aromatic carbocycles. The largest absolute Gasteiger partial charge is 0.366 e. The van der Waals surface area contributed by atoms with Crippen LogP contribution in [-0.4, -0.2) is 24.5 Å². The molecule has 154 valence electrons. The van der Waals surface area contributed by atoms with Crippen LogP contribution in [0.4, 0.5) is 14.6 Å². The number of pyridine rings is 1. The van der Waals surface area contributed by atoms with E-state index in [-0.39, 0.29) is 5.56 Å². The molecule has 0 amide bonds. The van der Waals surface area contributed by atoms with Crippen molar-refractivity contribution in [2.45, 2.75) is 6.54 Å². The lowest BCUT2D eigenvalue weighted by molar-refractivity contribution is 0.584. The average Bonchev–Trinajstić information content (AvgIpc) is 3.35. The Balaban J connectivity index is 1.67. The molecule has 0 aliphatic rings. The third kappa shape index (κ3) is 3.57. The zero-order valence-corrected chi connectivity index (χ0v) is 16.1. The minimum atomic E-state index is -0.738. The Labute approximate surface area is 174 Å². The number of aromatic amines is 2. The summed E-state index contributed by atoms with van der Waals surface area (Å²) in [5.41, 5.74) is 2.94. The number of nitrogens with one attached hydrogen (secondary N) is 3. The highest BCUT2D eigenvalue weighted by molar-refractivity contribution is 5.79. The zero-order chi connectivity index (χ0) is 21.4. The molecule has 7 nitrogen and oxygen atoms in total. The fourth-order valence-electron chi connectivity index (χ4n) is 3.53. The molecule has 0 unspecified atom stereocenters. The summed E-state index contributed by atoms with van der Waals surface area (Å²) in [5, 5.41) is 3.15. The summed E-state index contributed by atoms with van der Waals surface area (Å²) in [7, 11) is 0. The second-order valence-corrected chi connectivity index (χ2v) is 6.97. The number of H-pyrrole nitrogens is 2. The fourth-order valence-corrected chi connectivity index (χ4v) is 3.53. The number of nitrogens with zero attached hydrogens (tertiary/aromatic N) is 3. The molecular formula is C22H16F2N6O. The highest BCUT2D eigenvalue weighted by Crippen LogP contribution is 2.30. The molecule has 0 saturated carbocycles. The smallest absolute Gasteiger partial charge is 0.332 e. The van der Waals surface area contributed by atoms with Gasteiger partial charge in [-0.05, 0) is 42.0 Å². The van der Waals surface area contributed by atoms with Crippen molar-refractivity contribution in [2.24, 2.45) is 0 Å². The summed E-state index contributed by atoms with van der Waals surface area (Å²) in [6, 6.07) is 12.1. The van der Waals surface area contributed by atoms with Crippen LogP contribution in [-0.2, 0) is 6.54 Å². The molecule has 3 heterocycles. The molecular weight excluding hydrogens is 402 g/mol. The van der Waals surface area contributed by atoms with Crippen molar-refractivity contribution >= 4 is 16.9 Å². The van der Waals surface area contributed by atoms with Crippen LogP contribution >= 0.6 is 0 Å². The first-order valence-electron chi connectivity index (χ1n) is 9.46. The van der Waals surface area contributed by atoms with E-state index in [0.29, 0.717) is 23.7 Å². The second kappa shape index (κ2) is 7.52. The number of benzene rings is 2. The molecule has 3 aromatic heterocycles. The van der Waals surface area contributed by atoms with Gasteiger partial charge in [-0.15, -0.1) is 0 Å². The monoisotopic (exact) mass is 418 g/mol. The fraction of sp³-hybridized carbons (Fsp3) is 0.0455. The Morgan fingerprint density at radius 2 is 1.90 bits per heavy atom. The lowest BCUT2D eigenvalue weighted by Gasteiger charge is -2.12. The van der Waals surface area contributed by atoms with E-state index in [1.54, 1.807) is 43.0 Å². The number of hydrogen-bond donors (Lipinski definition) is 3. The Bertz CT molecular complexity index is 1420. The molecule has 9 heteroatoms. The third-order valence-electron chi connectivity index (χ3n) is 4.89. The number of halogens is 2. The summed E-state index contributed by atoms with van der Waals surface area (Å²) >= 11 is 0. The third-order valence-corrected chi connectivity index (χ3v) is 4.89. The van der Waals surface area contributed by atoms with Crippen LogP contribution < -0.4 is 11.0 Å². The average molecular weight is 418 g/mol. The van der Waals surface area contributed by atoms with E-state index in [0.717, 1.165) is 22.7 Å². The van der Waals surface area contributed by atoms with Gasteiger partial charge in [0, 0.05) is 30.6 Å². The summed E-state index contributed by atoms with van der Waals surface area (Å²) < 4.78 is 29.4. The van der Waals surface area contributed by atoms with E-state index in [2.05, 4.69) is 25.3 Å². The maximum atomic E-state index is 14.0. The van der Waals surface area contributed by atoms with Crippen molar-refractivity contribution in [1.82, 2.24) is 24.5 Å². The van der Waals surface area contributed by atoms with Gasteiger partial charge in [-0.1, -0.05) is 6.07 Å². The molecule has 0 radical (unpaired) electrons. The second-order valence-electron chi connectivity index (χ2n) is 6.97. The molecule has 0 atom stereocenters. The van der Waals surface area contributed by atoms with Crippen molar-refractivity contribution in [2.75, 3.05) is 5.32 Å². The lowest BCUT2D eigenvalue weighted by Crippen LogP contribution is -2.15. The summed E-state index contributed by atoms with van der Waals surface area (Å²) in [4.78, 5) is 26.9. The molecule has 0 aliphatic heterocycles. The Morgan fingerprint density at radius 3 is 2.68 bits per heavy atom. The quantitative estimate of drug-likeness (QED) is 0.402. The Morgan fingerprint density at radius 1 is 1.06 bits per heavy atom. The number of fused-ring (bicyclic) bond motifs is 1. The first-order chi connectivity index (χ1) is 15.1. The van der Waals surface area contributed by atoms with Gasteiger partial charge in [-0.25, -0.2) is 18.6 Å². The highest BCUT2D eigenvalue weighted by Gasteiger charge is 2.19. The van der Waals surface area contributed by atoms with Gasteiger partial charge in [0.25, 0.3) is 0 Å². The number of hydrogen-bond acceptors (Lipinski definition) is 4. The van der Waals surface area contributed by atoms with E-state index in [4.69, 9.17) is 0 Å². The molecule has 5 rings (SSSR count). The SMILES string of the molecule is O=c1[nH]c(NCc2cccnc2)c(-c2cc(F)cc(F)c2)n1-c1ccc2nc[nH]c2c1. The first-order valence-corrected chi connectivity index (χ1v) is 9.46. The number of imidazole rings is 2. The van der Waals surface area contributed by atoms with Crippen molar-refractivity contribution in [3.63, 3.8) is 0 Å². The van der Waals surface area contributed by atoms with Gasteiger partial charge in [0.15, 0.2) is 0 Å². The van der Waals surface area contributed by atoms with Gasteiger partial charge < -0.3 is 10.3 Å². The van der Waals surface area contributed by atoms with Gasteiger partial charge in [-0.2, -0.15) is 0 Å². The number of aromatic nitrogens is 5. The maximum absolute atomic E-state index is 14.0. The van der Waals surface area contributed by atoms with Crippen molar-refractivity contribution in [1.29, 1.82) is 0 Å². The van der Waals surface area contributed by atoms with Crippen LogP contribution in [0.5, 0.6) is 0 Å². The topological polar surface area (TPSA) is 91.4 Å². The van der Waals surface area contributed by atoms with Gasteiger partial charge >= 0.3 is 5.69 Å². The summed E-state index contributed by atoms with van der Waals surface area (Å²) in [5.74, 6) is -1.14. The van der Waals surface area contributed by atoms with Crippen LogP contribution in [0, 0.1) is 11.6 Å². The number of anilines is 1. The molecule has 0 saturated heterocycles. The molecule has 5 aromatic rings. The lowest BCUT2D eigenvalue weighted by atomic mass is 10.1. The predicted molar refractivity (Wildman–Crippen MR) is 113 cm³/mol. The Hall–Kier alpha value is -4.27. The van der Waals surface area contributed by atoms with Crippen LogP contribution in [0.2, 0.25) is 0 Å². The van der Waals surface area contributed by atoms with Crippen LogP contribution in [0.25, 0.3) is 28.0 Å². The normalized spacial score (nSPS) is 11.2. The zero-order valence-electron chi connectivity index (χ0n) is 16.1. The highest BCUT2D eigenvalue weighted by atomic mass is 19.1. The van der Waals surface area contributed by atoms with Gasteiger partial charge in [0.1, 0.15) is 17.5 Å². The summed E-state index contributed by atoms with van der Waals surface area (Å²) in [6.07, 6.45) is 4.91. The summed E-state index contributed by atoms with van der Waals surface area (Å²) in [6.45, 7) is 0.359. The molecule has 0 fully saturated rings. The van der Waals surface area contributed by atoms with E-state index < -0.39 is 17.3 Å². The molecule has 0 aliphatic carbocycles. The van der Waals surface area contributed by atoms with Crippen molar-refractivity contribution in [3.8, 4) is 16.9 Å². The standard InChI is InChI=1S/C22H16F2N6O/c23-15-6-14(7-16(24)8-15)20-21(26-11-13-2-1-5-25-10-13)29-22(31)30(20)17-3-4-18-19(9-17)28-12-27-18/h1-10,12,26H,11H2,(H,27,28)(H,29,31). The Kier molecular flexibility index (Phi) is 4.55. The molecule has 0 bridgehead atoms. The van der Waals surface area contributed by atoms with E-state index >= 15 is 0 Å². The van der Waals surface area contributed by atoms with E-state index in [1.807, 2.05) is 6.07 Å². The number of rotatable bonds is 5.